The number of hydrogen-bond donors (Lipinski definition) is 1. The molecule has 0 aliphatic carbocycles. The molecule has 0 bridgehead atoms. The summed E-state index contributed by atoms with van der Waals surface area (Å²) in [5.74, 6) is 0.611. The second kappa shape index (κ2) is 10.6. The zero-order valence-corrected chi connectivity index (χ0v) is 20.2. The van der Waals surface area contributed by atoms with E-state index in [-0.39, 0.29) is 11.9 Å². The van der Waals surface area contributed by atoms with Crippen LogP contribution in [-0.2, 0) is 9.53 Å². The first kappa shape index (κ1) is 22.9. The Bertz CT molecular complexity index is 1310. The molecule has 0 aliphatic heterocycles. The van der Waals surface area contributed by atoms with Crippen LogP contribution in [0.2, 0.25) is 0 Å². The fraction of sp³-hybridized carbons (Fsp3) is 0.160. The van der Waals surface area contributed by atoms with Crippen LogP contribution in [0.1, 0.15) is 35.9 Å². The van der Waals surface area contributed by atoms with Crippen LogP contribution in [0.4, 0.5) is 5.13 Å². The smallest absolute Gasteiger partial charge is 0.338 e. The number of esters is 1. The molecule has 2 aromatic carbocycles. The highest BCUT2D eigenvalue weighted by Crippen LogP contribution is 2.28. The highest BCUT2D eigenvalue weighted by Gasteiger charge is 2.12. The van der Waals surface area contributed by atoms with Crippen LogP contribution in [0.3, 0.4) is 0 Å². The Morgan fingerprint density at radius 3 is 2.76 bits per heavy atom. The fourth-order valence-electron chi connectivity index (χ4n) is 3.01. The van der Waals surface area contributed by atoms with Crippen molar-refractivity contribution >= 4 is 60.6 Å². The molecule has 0 spiro atoms. The number of halogens is 1. The fourth-order valence-corrected chi connectivity index (χ4v) is 4.19. The molecule has 0 saturated carbocycles. The number of benzene rings is 2. The van der Waals surface area contributed by atoms with E-state index < -0.39 is 0 Å². The summed E-state index contributed by atoms with van der Waals surface area (Å²) in [4.78, 5) is 28.9. The maximum atomic E-state index is 12.3. The van der Waals surface area contributed by atoms with Gasteiger partial charge in [-0.15, -0.1) is 0 Å². The molecule has 168 valence electrons. The summed E-state index contributed by atoms with van der Waals surface area (Å²) in [6.45, 7) is 2.45. The van der Waals surface area contributed by atoms with E-state index in [1.807, 2.05) is 37.3 Å². The molecule has 8 heteroatoms. The average molecular weight is 525 g/mol. The molecule has 1 amide bonds. The number of nitrogens with zero attached hydrogens (tertiary/aromatic N) is 1. The van der Waals surface area contributed by atoms with Crippen molar-refractivity contribution in [3.05, 3.63) is 76.5 Å². The number of hydrogen-bond acceptors (Lipinski definition) is 6. The number of carbonyl (C=O) groups is 2. The van der Waals surface area contributed by atoms with Crippen LogP contribution >= 0.6 is 27.3 Å². The minimum atomic E-state index is -0.353. The van der Waals surface area contributed by atoms with Gasteiger partial charge in [-0.3, -0.25) is 10.1 Å². The standard InChI is InChI=1S/C25H21BrN2O4S/c1-2-3-14-31-24(30)17-6-11-20-22(15-17)33-25(27-20)28-23(29)13-10-19-9-12-21(32-19)16-4-7-18(26)8-5-16/h4-13,15H,2-3,14H2,1H3,(H,27,28,29)/b13-10+. The van der Waals surface area contributed by atoms with E-state index in [0.717, 1.165) is 33.3 Å². The molecule has 0 radical (unpaired) electrons. The quantitative estimate of drug-likeness (QED) is 0.153. The minimum absolute atomic E-state index is 0.324. The molecule has 2 heterocycles. The van der Waals surface area contributed by atoms with Gasteiger partial charge in [0.1, 0.15) is 11.5 Å². The molecule has 4 aromatic rings. The van der Waals surface area contributed by atoms with Crippen LogP contribution in [0.25, 0.3) is 27.6 Å². The molecule has 0 aliphatic rings. The molecule has 2 aromatic heterocycles. The molecular weight excluding hydrogens is 504 g/mol. The largest absolute Gasteiger partial charge is 0.462 e. The number of thiazole rings is 1. The Morgan fingerprint density at radius 2 is 1.97 bits per heavy atom. The molecule has 0 atom stereocenters. The lowest BCUT2D eigenvalue weighted by Gasteiger charge is -2.03. The maximum Gasteiger partial charge on any atom is 0.338 e. The van der Waals surface area contributed by atoms with Crippen molar-refractivity contribution in [2.75, 3.05) is 11.9 Å². The van der Waals surface area contributed by atoms with E-state index in [4.69, 9.17) is 9.15 Å². The lowest BCUT2D eigenvalue weighted by Crippen LogP contribution is -2.07. The number of nitrogens with one attached hydrogen (secondary N) is 1. The first-order chi connectivity index (χ1) is 16.0. The number of ether oxygens (including phenoxy) is 1. The van der Waals surface area contributed by atoms with Gasteiger partial charge in [-0.2, -0.15) is 0 Å². The van der Waals surface area contributed by atoms with E-state index in [0.29, 0.717) is 28.6 Å². The second-order valence-electron chi connectivity index (χ2n) is 7.22. The molecule has 0 fully saturated rings. The predicted octanol–water partition coefficient (Wildman–Crippen LogP) is 6.93. The van der Waals surface area contributed by atoms with Crippen LogP contribution in [0.15, 0.2) is 69.6 Å². The normalized spacial score (nSPS) is 11.2. The second-order valence-corrected chi connectivity index (χ2v) is 9.17. The third-order valence-electron chi connectivity index (χ3n) is 4.74. The van der Waals surface area contributed by atoms with Gasteiger partial charge in [-0.25, -0.2) is 9.78 Å². The van der Waals surface area contributed by atoms with Gasteiger partial charge in [0.05, 0.1) is 22.4 Å². The monoisotopic (exact) mass is 524 g/mol. The van der Waals surface area contributed by atoms with Gasteiger partial charge in [-0.1, -0.05) is 52.7 Å². The van der Waals surface area contributed by atoms with Gasteiger partial charge in [0, 0.05) is 16.1 Å². The van der Waals surface area contributed by atoms with Crippen molar-refractivity contribution < 1.29 is 18.7 Å². The molecule has 0 saturated heterocycles. The van der Waals surface area contributed by atoms with Crippen LogP contribution in [-0.4, -0.2) is 23.5 Å². The first-order valence-electron chi connectivity index (χ1n) is 10.4. The summed E-state index contributed by atoms with van der Waals surface area (Å²) < 4.78 is 12.8. The number of fused-ring (bicyclic) bond motifs is 1. The van der Waals surface area contributed by atoms with E-state index in [1.165, 1.54) is 17.4 Å². The van der Waals surface area contributed by atoms with Gasteiger partial charge in [0.15, 0.2) is 5.13 Å². The van der Waals surface area contributed by atoms with Gasteiger partial charge >= 0.3 is 5.97 Å². The summed E-state index contributed by atoms with van der Waals surface area (Å²) in [7, 11) is 0. The van der Waals surface area contributed by atoms with E-state index >= 15 is 0 Å². The number of carbonyl (C=O) groups excluding carboxylic acids is 2. The van der Waals surface area contributed by atoms with Gasteiger partial charge in [0.2, 0.25) is 5.91 Å². The van der Waals surface area contributed by atoms with E-state index in [1.54, 1.807) is 30.3 Å². The Labute approximate surface area is 203 Å². The summed E-state index contributed by atoms with van der Waals surface area (Å²) in [6.07, 6.45) is 4.80. The van der Waals surface area contributed by atoms with E-state index in [2.05, 4.69) is 26.2 Å². The predicted molar refractivity (Wildman–Crippen MR) is 134 cm³/mol. The number of rotatable bonds is 8. The lowest BCUT2D eigenvalue weighted by atomic mass is 10.2. The van der Waals surface area contributed by atoms with Crippen LogP contribution in [0.5, 0.6) is 0 Å². The topological polar surface area (TPSA) is 81.4 Å². The Kier molecular flexibility index (Phi) is 7.36. The number of unbranched alkanes of at least 4 members (excludes halogenated alkanes) is 1. The first-order valence-corrected chi connectivity index (χ1v) is 12.1. The summed E-state index contributed by atoms with van der Waals surface area (Å²) in [5, 5.41) is 3.21. The highest BCUT2D eigenvalue weighted by molar-refractivity contribution is 9.10. The number of anilines is 1. The van der Waals surface area contributed by atoms with Crippen LogP contribution < -0.4 is 5.32 Å². The van der Waals surface area contributed by atoms with Crippen LogP contribution in [0, 0.1) is 0 Å². The Morgan fingerprint density at radius 1 is 1.15 bits per heavy atom. The lowest BCUT2D eigenvalue weighted by molar-refractivity contribution is -0.111. The molecular formula is C25H21BrN2O4S. The number of amides is 1. The van der Waals surface area contributed by atoms with Crippen molar-refractivity contribution in [1.82, 2.24) is 4.98 Å². The zero-order chi connectivity index (χ0) is 23.2. The zero-order valence-electron chi connectivity index (χ0n) is 17.8. The molecule has 0 unspecified atom stereocenters. The van der Waals surface area contributed by atoms with Crippen molar-refractivity contribution in [2.24, 2.45) is 0 Å². The minimum Gasteiger partial charge on any atom is -0.462 e. The third kappa shape index (κ3) is 5.97. The molecule has 6 nitrogen and oxygen atoms in total. The highest BCUT2D eigenvalue weighted by atomic mass is 79.9. The van der Waals surface area contributed by atoms with E-state index in [9.17, 15) is 9.59 Å². The maximum absolute atomic E-state index is 12.3. The van der Waals surface area contributed by atoms with Gasteiger partial charge in [-0.05, 0) is 55.0 Å². The van der Waals surface area contributed by atoms with Crippen molar-refractivity contribution in [3.8, 4) is 11.3 Å². The molecule has 33 heavy (non-hydrogen) atoms. The number of furan rings is 1. The van der Waals surface area contributed by atoms with Crippen molar-refractivity contribution in [3.63, 3.8) is 0 Å². The summed E-state index contributed by atoms with van der Waals surface area (Å²) >= 11 is 4.71. The molecule has 1 N–H and O–H groups in total. The van der Waals surface area contributed by atoms with Gasteiger partial charge in [0.25, 0.3) is 0 Å². The number of aromatic nitrogens is 1. The summed E-state index contributed by atoms with van der Waals surface area (Å²) in [5.41, 5.74) is 2.12. The molecule has 4 rings (SSSR count). The van der Waals surface area contributed by atoms with Gasteiger partial charge < -0.3 is 9.15 Å². The Balaban J connectivity index is 1.39. The average Bonchev–Trinajstić information content (AvgIpc) is 3.44. The SMILES string of the molecule is CCCCOC(=O)c1ccc2nc(NC(=O)/C=C/c3ccc(-c4ccc(Br)cc4)o3)sc2c1. The van der Waals surface area contributed by atoms with Crippen molar-refractivity contribution in [1.29, 1.82) is 0 Å². The van der Waals surface area contributed by atoms with Crippen molar-refractivity contribution in [2.45, 2.75) is 19.8 Å². The summed E-state index contributed by atoms with van der Waals surface area (Å²) in [6, 6.07) is 16.6. The third-order valence-corrected chi connectivity index (χ3v) is 6.20. The Hall–Kier alpha value is -3.23.